The van der Waals surface area contributed by atoms with Crippen molar-refractivity contribution in [3.05, 3.63) is 0 Å². The number of methoxy groups -OCH3 is 1. The summed E-state index contributed by atoms with van der Waals surface area (Å²) in [5.74, 6) is 0. The summed E-state index contributed by atoms with van der Waals surface area (Å²) in [6, 6.07) is 1.15. The SMILES string of the molecule is CCCNC(COC)CN1CCCN(C)CC1CC. The average molecular weight is 271 g/mol. The molecule has 0 aromatic carbocycles. The Kier molecular flexibility index (Phi) is 8.62. The van der Waals surface area contributed by atoms with Crippen LogP contribution in [0.3, 0.4) is 0 Å². The quantitative estimate of drug-likeness (QED) is 0.722. The third-order valence-corrected chi connectivity index (χ3v) is 4.00. The number of rotatable bonds is 8. The van der Waals surface area contributed by atoms with E-state index in [0.717, 1.165) is 19.7 Å². The topological polar surface area (TPSA) is 27.7 Å². The first-order chi connectivity index (χ1) is 9.21. The molecule has 0 aliphatic carbocycles. The molecule has 0 bridgehead atoms. The van der Waals surface area contributed by atoms with Gasteiger partial charge in [0, 0.05) is 32.3 Å². The minimum absolute atomic E-state index is 0.461. The second-order valence-corrected chi connectivity index (χ2v) is 5.78. The molecule has 0 spiro atoms. The van der Waals surface area contributed by atoms with E-state index in [1.54, 1.807) is 7.11 Å². The summed E-state index contributed by atoms with van der Waals surface area (Å²) in [6.45, 7) is 11.2. The van der Waals surface area contributed by atoms with E-state index >= 15 is 0 Å². The maximum atomic E-state index is 5.36. The zero-order chi connectivity index (χ0) is 14.1. The van der Waals surface area contributed by atoms with Crippen molar-refractivity contribution in [2.75, 3.05) is 53.5 Å². The van der Waals surface area contributed by atoms with Crippen molar-refractivity contribution < 1.29 is 4.74 Å². The van der Waals surface area contributed by atoms with Crippen molar-refractivity contribution in [1.82, 2.24) is 15.1 Å². The molecule has 0 aromatic rings. The van der Waals surface area contributed by atoms with Crippen molar-refractivity contribution in [3.8, 4) is 0 Å². The van der Waals surface area contributed by atoms with Crippen LogP contribution in [0.4, 0.5) is 0 Å². The zero-order valence-electron chi connectivity index (χ0n) is 13.3. The molecule has 0 amide bonds. The molecule has 1 aliphatic rings. The van der Waals surface area contributed by atoms with Gasteiger partial charge in [-0.3, -0.25) is 4.90 Å². The van der Waals surface area contributed by atoms with Crippen LogP contribution in [0.25, 0.3) is 0 Å². The maximum absolute atomic E-state index is 5.36. The molecule has 4 nitrogen and oxygen atoms in total. The van der Waals surface area contributed by atoms with E-state index in [4.69, 9.17) is 4.74 Å². The minimum atomic E-state index is 0.461. The fraction of sp³-hybridized carbons (Fsp3) is 1.00. The summed E-state index contributed by atoms with van der Waals surface area (Å²) < 4.78 is 5.36. The molecule has 0 aromatic heterocycles. The third-order valence-electron chi connectivity index (χ3n) is 4.00. The lowest BCUT2D eigenvalue weighted by Crippen LogP contribution is -2.49. The Balaban J connectivity index is 2.52. The Labute approximate surface area is 119 Å². The van der Waals surface area contributed by atoms with E-state index in [2.05, 4.69) is 36.0 Å². The molecule has 2 unspecified atom stereocenters. The average Bonchev–Trinajstić information content (AvgIpc) is 2.58. The molecule has 0 saturated carbocycles. The van der Waals surface area contributed by atoms with E-state index < -0.39 is 0 Å². The number of nitrogens with zero attached hydrogens (tertiary/aromatic N) is 2. The highest BCUT2D eigenvalue weighted by atomic mass is 16.5. The lowest BCUT2D eigenvalue weighted by atomic mass is 10.1. The van der Waals surface area contributed by atoms with Gasteiger partial charge in [-0.05, 0) is 45.9 Å². The number of ether oxygens (including phenoxy) is 1. The van der Waals surface area contributed by atoms with Crippen molar-refractivity contribution in [3.63, 3.8) is 0 Å². The largest absolute Gasteiger partial charge is 0.383 e. The fourth-order valence-electron chi connectivity index (χ4n) is 2.93. The van der Waals surface area contributed by atoms with Crippen LogP contribution >= 0.6 is 0 Å². The first-order valence-electron chi connectivity index (χ1n) is 7.86. The molecule has 114 valence electrons. The third kappa shape index (κ3) is 6.21. The Morgan fingerprint density at radius 1 is 1.32 bits per heavy atom. The van der Waals surface area contributed by atoms with Crippen molar-refractivity contribution in [1.29, 1.82) is 0 Å². The summed E-state index contributed by atoms with van der Waals surface area (Å²) in [5.41, 5.74) is 0. The van der Waals surface area contributed by atoms with Gasteiger partial charge in [-0.2, -0.15) is 0 Å². The van der Waals surface area contributed by atoms with Gasteiger partial charge in [-0.25, -0.2) is 0 Å². The Morgan fingerprint density at radius 3 is 2.74 bits per heavy atom. The summed E-state index contributed by atoms with van der Waals surface area (Å²) in [6.07, 6.45) is 3.69. The van der Waals surface area contributed by atoms with Gasteiger partial charge < -0.3 is 15.0 Å². The maximum Gasteiger partial charge on any atom is 0.0628 e. The van der Waals surface area contributed by atoms with Crippen LogP contribution in [-0.2, 0) is 4.74 Å². The summed E-state index contributed by atoms with van der Waals surface area (Å²) in [7, 11) is 4.04. The molecule has 1 rings (SSSR count). The standard InChI is InChI=1S/C15H33N3O/c1-5-8-16-14(13-19-4)11-18-10-7-9-17(3)12-15(18)6-2/h14-16H,5-13H2,1-4H3. The van der Waals surface area contributed by atoms with Crippen LogP contribution in [0.5, 0.6) is 0 Å². The number of nitrogens with one attached hydrogen (secondary N) is 1. The predicted molar refractivity (Wildman–Crippen MR) is 81.7 cm³/mol. The Morgan fingerprint density at radius 2 is 2.11 bits per heavy atom. The molecule has 1 N–H and O–H groups in total. The smallest absolute Gasteiger partial charge is 0.0628 e. The van der Waals surface area contributed by atoms with Crippen LogP contribution in [0, 0.1) is 0 Å². The molecule has 19 heavy (non-hydrogen) atoms. The van der Waals surface area contributed by atoms with Gasteiger partial charge in [0.05, 0.1) is 6.61 Å². The van der Waals surface area contributed by atoms with Gasteiger partial charge in [0.15, 0.2) is 0 Å². The number of likely N-dealkylation sites (N-methyl/N-ethyl adjacent to an activating group) is 1. The molecule has 1 saturated heterocycles. The van der Waals surface area contributed by atoms with Gasteiger partial charge in [0.1, 0.15) is 0 Å². The summed E-state index contributed by atoms with van der Waals surface area (Å²) in [4.78, 5) is 5.13. The molecular weight excluding hydrogens is 238 g/mol. The molecule has 4 heteroatoms. The monoisotopic (exact) mass is 271 g/mol. The van der Waals surface area contributed by atoms with E-state index in [1.165, 1.54) is 38.9 Å². The van der Waals surface area contributed by atoms with Crippen LogP contribution in [0.1, 0.15) is 33.1 Å². The molecule has 0 radical (unpaired) electrons. The van der Waals surface area contributed by atoms with Crippen LogP contribution in [0.15, 0.2) is 0 Å². The number of hydrogen-bond acceptors (Lipinski definition) is 4. The molecule has 1 aliphatic heterocycles. The van der Waals surface area contributed by atoms with E-state index in [0.29, 0.717) is 12.1 Å². The lowest BCUT2D eigenvalue weighted by molar-refractivity contribution is 0.115. The van der Waals surface area contributed by atoms with Gasteiger partial charge in [-0.15, -0.1) is 0 Å². The second kappa shape index (κ2) is 9.70. The van der Waals surface area contributed by atoms with Crippen molar-refractivity contribution >= 4 is 0 Å². The highest BCUT2D eigenvalue weighted by Crippen LogP contribution is 2.12. The van der Waals surface area contributed by atoms with Crippen molar-refractivity contribution in [2.24, 2.45) is 0 Å². The van der Waals surface area contributed by atoms with Gasteiger partial charge in [-0.1, -0.05) is 13.8 Å². The number of hydrogen-bond donors (Lipinski definition) is 1. The molecular formula is C15H33N3O. The zero-order valence-corrected chi connectivity index (χ0v) is 13.3. The van der Waals surface area contributed by atoms with Gasteiger partial charge in [0.25, 0.3) is 0 Å². The van der Waals surface area contributed by atoms with Crippen LogP contribution in [-0.4, -0.2) is 75.4 Å². The van der Waals surface area contributed by atoms with E-state index in [9.17, 15) is 0 Å². The van der Waals surface area contributed by atoms with E-state index in [-0.39, 0.29) is 0 Å². The van der Waals surface area contributed by atoms with Crippen molar-refractivity contribution in [2.45, 2.75) is 45.2 Å². The Bertz CT molecular complexity index is 225. The van der Waals surface area contributed by atoms with Gasteiger partial charge >= 0.3 is 0 Å². The summed E-state index contributed by atoms with van der Waals surface area (Å²) in [5, 5.41) is 3.61. The normalized spacial score (nSPS) is 24.3. The van der Waals surface area contributed by atoms with Crippen LogP contribution in [0.2, 0.25) is 0 Å². The molecule has 1 fully saturated rings. The fourth-order valence-corrected chi connectivity index (χ4v) is 2.93. The second-order valence-electron chi connectivity index (χ2n) is 5.78. The highest BCUT2D eigenvalue weighted by molar-refractivity contribution is 4.81. The first kappa shape index (κ1) is 16.9. The minimum Gasteiger partial charge on any atom is -0.383 e. The highest BCUT2D eigenvalue weighted by Gasteiger charge is 2.24. The predicted octanol–water partition coefficient (Wildman–Crippen LogP) is 1.42. The van der Waals surface area contributed by atoms with Crippen LogP contribution < -0.4 is 5.32 Å². The lowest BCUT2D eigenvalue weighted by Gasteiger charge is -2.33. The summed E-state index contributed by atoms with van der Waals surface area (Å²) >= 11 is 0. The Hall–Kier alpha value is -0.160. The van der Waals surface area contributed by atoms with Gasteiger partial charge in [0.2, 0.25) is 0 Å². The van der Waals surface area contributed by atoms with E-state index in [1.807, 2.05) is 0 Å². The first-order valence-corrected chi connectivity index (χ1v) is 7.86. The molecule has 2 atom stereocenters. The molecule has 1 heterocycles.